The Morgan fingerprint density at radius 3 is 3.15 bits per heavy atom. The van der Waals surface area contributed by atoms with E-state index in [1.54, 1.807) is 6.92 Å². The highest BCUT2D eigenvalue weighted by molar-refractivity contribution is 5.77. The predicted octanol–water partition coefficient (Wildman–Crippen LogP) is 1.50. The van der Waals surface area contributed by atoms with Crippen molar-refractivity contribution in [2.75, 3.05) is 12.0 Å². The van der Waals surface area contributed by atoms with E-state index in [9.17, 15) is 0 Å². The first-order valence-corrected chi connectivity index (χ1v) is 4.01. The van der Waals surface area contributed by atoms with Crippen LogP contribution < -0.4 is 5.32 Å². The van der Waals surface area contributed by atoms with Gasteiger partial charge >= 0.3 is 0 Å². The van der Waals surface area contributed by atoms with E-state index in [1.165, 1.54) is 0 Å². The first-order chi connectivity index (χ1) is 6.29. The van der Waals surface area contributed by atoms with Gasteiger partial charge in [0.05, 0.1) is 0 Å². The molecule has 0 atom stereocenters. The van der Waals surface area contributed by atoms with Crippen molar-refractivity contribution in [2.24, 2.45) is 0 Å². The summed E-state index contributed by atoms with van der Waals surface area (Å²) in [5.41, 5.74) is 2.40. The molecule has 0 saturated carbocycles. The van der Waals surface area contributed by atoms with Gasteiger partial charge in [-0.2, -0.15) is 0 Å². The Morgan fingerprint density at radius 1 is 1.54 bits per heavy atom. The average Bonchev–Trinajstić information content (AvgIpc) is 2.44. The van der Waals surface area contributed by atoms with Gasteiger partial charge in [0.15, 0.2) is 11.5 Å². The number of aromatic nitrogens is 1. The molecule has 0 bridgehead atoms. The fourth-order valence-corrected chi connectivity index (χ4v) is 1.24. The number of rotatable bonds is 2. The third-order valence-electron chi connectivity index (χ3n) is 1.78. The minimum atomic E-state index is -0.0810. The summed E-state index contributed by atoms with van der Waals surface area (Å²) in [6.45, 7) is 1.72. The molecule has 0 aliphatic carbocycles. The second-order valence-corrected chi connectivity index (χ2v) is 2.75. The summed E-state index contributed by atoms with van der Waals surface area (Å²) in [6.07, 6.45) is 0. The molecule has 4 heteroatoms. The van der Waals surface area contributed by atoms with Crippen molar-refractivity contribution in [2.45, 2.75) is 6.92 Å². The van der Waals surface area contributed by atoms with Crippen molar-refractivity contribution >= 4 is 16.8 Å². The molecule has 0 saturated heterocycles. The van der Waals surface area contributed by atoms with Crippen LogP contribution in [0.15, 0.2) is 22.6 Å². The molecule has 1 aromatic heterocycles. The SMILES string of the molecule is Cc1nc2cc(NCO)ccc2o1. The van der Waals surface area contributed by atoms with Crippen LogP contribution in [0.1, 0.15) is 5.89 Å². The molecule has 1 heterocycles. The minimum Gasteiger partial charge on any atom is -0.441 e. The summed E-state index contributed by atoms with van der Waals surface area (Å²) >= 11 is 0. The number of aryl methyl sites for hydroxylation is 1. The number of aliphatic hydroxyl groups is 1. The molecule has 13 heavy (non-hydrogen) atoms. The lowest BCUT2D eigenvalue weighted by Crippen LogP contribution is -1.98. The Balaban J connectivity index is 2.48. The molecule has 0 unspecified atom stereocenters. The number of anilines is 1. The Labute approximate surface area is 75.2 Å². The van der Waals surface area contributed by atoms with Crippen LogP contribution in [-0.4, -0.2) is 16.8 Å². The second kappa shape index (κ2) is 3.06. The van der Waals surface area contributed by atoms with Crippen molar-refractivity contribution in [1.82, 2.24) is 4.98 Å². The van der Waals surface area contributed by atoms with Gasteiger partial charge in [0, 0.05) is 12.6 Å². The molecule has 2 aromatic rings. The van der Waals surface area contributed by atoms with Gasteiger partial charge in [0.1, 0.15) is 12.2 Å². The lowest BCUT2D eigenvalue weighted by molar-refractivity contribution is 0.325. The smallest absolute Gasteiger partial charge is 0.192 e. The van der Waals surface area contributed by atoms with E-state index in [0.29, 0.717) is 5.89 Å². The second-order valence-electron chi connectivity index (χ2n) is 2.75. The number of oxazole rings is 1. The van der Waals surface area contributed by atoms with E-state index in [1.807, 2.05) is 18.2 Å². The molecule has 0 aliphatic rings. The maximum absolute atomic E-state index is 8.64. The zero-order chi connectivity index (χ0) is 9.26. The molecule has 2 rings (SSSR count). The first-order valence-electron chi connectivity index (χ1n) is 4.01. The van der Waals surface area contributed by atoms with Gasteiger partial charge in [-0.15, -0.1) is 0 Å². The monoisotopic (exact) mass is 178 g/mol. The van der Waals surface area contributed by atoms with Gasteiger partial charge in [0.25, 0.3) is 0 Å². The maximum Gasteiger partial charge on any atom is 0.192 e. The number of benzene rings is 1. The minimum absolute atomic E-state index is 0.0810. The molecule has 68 valence electrons. The summed E-state index contributed by atoms with van der Waals surface area (Å²) in [5.74, 6) is 0.649. The van der Waals surface area contributed by atoms with Gasteiger partial charge in [-0.3, -0.25) is 0 Å². The van der Waals surface area contributed by atoms with Crippen LogP contribution in [-0.2, 0) is 0 Å². The fraction of sp³-hybridized carbons (Fsp3) is 0.222. The highest BCUT2D eigenvalue weighted by Crippen LogP contribution is 2.19. The van der Waals surface area contributed by atoms with Crippen molar-refractivity contribution in [1.29, 1.82) is 0 Å². The predicted molar refractivity (Wildman–Crippen MR) is 49.5 cm³/mol. The van der Waals surface area contributed by atoms with Crippen molar-refractivity contribution in [3.8, 4) is 0 Å². The van der Waals surface area contributed by atoms with Crippen molar-refractivity contribution in [3.63, 3.8) is 0 Å². The summed E-state index contributed by atoms with van der Waals surface area (Å²) in [4.78, 5) is 4.17. The Kier molecular flexibility index (Phi) is 1.90. The molecule has 4 nitrogen and oxygen atoms in total. The topological polar surface area (TPSA) is 58.3 Å². The summed E-state index contributed by atoms with van der Waals surface area (Å²) in [5, 5.41) is 11.4. The molecule has 0 radical (unpaired) electrons. The Hall–Kier alpha value is -1.55. The number of fused-ring (bicyclic) bond motifs is 1. The number of nitrogens with zero attached hydrogens (tertiary/aromatic N) is 1. The largest absolute Gasteiger partial charge is 0.441 e. The molecule has 0 fully saturated rings. The molecule has 0 aliphatic heterocycles. The van der Waals surface area contributed by atoms with Gasteiger partial charge < -0.3 is 14.8 Å². The van der Waals surface area contributed by atoms with Gasteiger partial charge in [-0.25, -0.2) is 4.98 Å². The number of hydrogen-bond donors (Lipinski definition) is 2. The van der Waals surface area contributed by atoms with E-state index in [2.05, 4.69) is 10.3 Å². The molecular weight excluding hydrogens is 168 g/mol. The van der Waals surface area contributed by atoms with Gasteiger partial charge in [-0.05, 0) is 18.2 Å². The first kappa shape index (κ1) is 8.07. The lowest BCUT2D eigenvalue weighted by Gasteiger charge is -1.99. The molecule has 1 aromatic carbocycles. The lowest BCUT2D eigenvalue weighted by atomic mass is 10.3. The van der Waals surface area contributed by atoms with Crippen LogP contribution in [0, 0.1) is 6.92 Å². The molecule has 0 spiro atoms. The standard InChI is InChI=1S/C9H10N2O2/c1-6-11-8-4-7(10-5-12)2-3-9(8)13-6/h2-4,10,12H,5H2,1H3. The van der Waals surface area contributed by atoms with Gasteiger partial charge in [-0.1, -0.05) is 0 Å². The van der Waals surface area contributed by atoms with E-state index < -0.39 is 0 Å². The molecular formula is C9H10N2O2. The summed E-state index contributed by atoms with van der Waals surface area (Å²) in [7, 11) is 0. The fourth-order valence-electron chi connectivity index (χ4n) is 1.24. The zero-order valence-corrected chi connectivity index (χ0v) is 7.24. The Bertz CT molecular complexity index is 422. The zero-order valence-electron chi connectivity index (χ0n) is 7.24. The van der Waals surface area contributed by atoms with E-state index in [4.69, 9.17) is 9.52 Å². The molecule has 0 amide bonds. The van der Waals surface area contributed by atoms with Crippen LogP contribution in [0.2, 0.25) is 0 Å². The summed E-state index contributed by atoms with van der Waals surface area (Å²) < 4.78 is 5.30. The molecule has 2 N–H and O–H groups in total. The maximum atomic E-state index is 8.64. The normalized spacial score (nSPS) is 10.6. The summed E-state index contributed by atoms with van der Waals surface area (Å²) in [6, 6.07) is 5.50. The van der Waals surface area contributed by atoms with Crippen LogP contribution in [0.3, 0.4) is 0 Å². The van der Waals surface area contributed by atoms with Gasteiger partial charge in [0.2, 0.25) is 0 Å². The third kappa shape index (κ3) is 1.48. The van der Waals surface area contributed by atoms with Crippen LogP contribution in [0.4, 0.5) is 5.69 Å². The average molecular weight is 178 g/mol. The third-order valence-corrected chi connectivity index (χ3v) is 1.78. The highest BCUT2D eigenvalue weighted by atomic mass is 16.3. The number of hydrogen-bond acceptors (Lipinski definition) is 4. The Morgan fingerprint density at radius 2 is 2.38 bits per heavy atom. The van der Waals surface area contributed by atoms with Crippen molar-refractivity contribution < 1.29 is 9.52 Å². The quantitative estimate of drug-likeness (QED) is 0.684. The van der Waals surface area contributed by atoms with E-state index in [-0.39, 0.29) is 6.73 Å². The van der Waals surface area contributed by atoms with E-state index in [0.717, 1.165) is 16.8 Å². The highest BCUT2D eigenvalue weighted by Gasteiger charge is 2.01. The van der Waals surface area contributed by atoms with Crippen LogP contribution in [0.25, 0.3) is 11.1 Å². The number of nitrogens with one attached hydrogen (secondary N) is 1. The van der Waals surface area contributed by atoms with Crippen LogP contribution in [0.5, 0.6) is 0 Å². The van der Waals surface area contributed by atoms with Crippen molar-refractivity contribution in [3.05, 3.63) is 24.1 Å². The number of aliphatic hydroxyl groups excluding tert-OH is 1. The van der Waals surface area contributed by atoms with E-state index >= 15 is 0 Å². The van der Waals surface area contributed by atoms with Crippen LogP contribution >= 0.6 is 0 Å².